The van der Waals surface area contributed by atoms with E-state index in [4.69, 9.17) is 4.99 Å². The number of carbonyl (C=O) groups excluding carboxylic acids is 1. The largest absolute Gasteiger partial charge is 0.481 e. The second-order valence-corrected chi connectivity index (χ2v) is 8.40. The zero-order valence-electron chi connectivity index (χ0n) is 17.5. The van der Waals surface area contributed by atoms with Gasteiger partial charge in [0.1, 0.15) is 11.4 Å². The molecule has 2 unspecified atom stereocenters. The van der Waals surface area contributed by atoms with Crippen LogP contribution in [0.2, 0.25) is 0 Å². The molecule has 1 aromatic heterocycles. The Balaban J connectivity index is 1.91. The lowest BCUT2D eigenvalue weighted by Crippen LogP contribution is -2.37. The standard InChI is InChI=1S/C25H24N2O3S/c1-3-18(25(29)30)20-23(28)22-21(26-24(20)31-2)19(17-12-8-5-9-13-17)15-27(22)14-16-10-6-4-7-11-16/h4-13,15,18,20H,3,14H2,1-2H3,(H,29,30). The Labute approximate surface area is 185 Å². The van der Waals surface area contributed by atoms with E-state index in [1.807, 2.05) is 77.7 Å². The van der Waals surface area contributed by atoms with Crippen LogP contribution in [0.15, 0.2) is 71.9 Å². The van der Waals surface area contributed by atoms with Gasteiger partial charge in [-0.2, -0.15) is 0 Å². The van der Waals surface area contributed by atoms with Gasteiger partial charge in [0.05, 0.1) is 16.9 Å². The number of rotatable bonds is 6. The van der Waals surface area contributed by atoms with Crippen LogP contribution in [0, 0.1) is 11.8 Å². The van der Waals surface area contributed by atoms with Gasteiger partial charge in [-0.25, -0.2) is 4.99 Å². The van der Waals surface area contributed by atoms with Crippen LogP contribution in [-0.2, 0) is 11.3 Å². The third-order valence-electron chi connectivity index (χ3n) is 5.70. The van der Waals surface area contributed by atoms with Gasteiger partial charge in [-0.1, -0.05) is 67.6 Å². The van der Waals surface area contributed by atoms with Crippen molar-refractivity contribution in [2.24, 2.45) is 16.8 Å². The summed E-state index contributed by atoms with van der Waals surface area (Å²) in [5.74, 6) is -2.69. The van der Waals surface area contributed by atoms with E-state index in [1.165, 1.54) is 11.8 Å². The number of carbonyl (C=O) groups is 2. The van der Waals surface area contributed by atoms with E-state index < -0.39 is 17.8 Å². The van der Waals surface area contributed by atoms with E-state index in [0.29, 0.717) is 29.4 Å². The summed E-state index contributed by atoms with van der Waals surface area (Å²) in [6.45, 7) is 2.32. The fraction of sp³-hybridized carbons (Fsp3) is 0.240. The van der Waals surface area contributed by atoms with Crippen LogP contribution in [0.3, 0.4) is 0 Å². The fourth-order valence-electron chi connectivity index (χ4n) is 4.17. The molecule has 5 nitrogen and oxygen atoms in total. The number of carboxylic acids is 1. The van der Waals surface area contributed by atoms with Crippen LogP contribution in [-0.4, -0.2) is 32.7 Å². The molecular weight excluding hydrogens is 408 g/mol. The second kappa shape index (κ2) is 8.94. The molecule has 3 aromatic rings. The Hall–Kier alpha value is -3.12. The minimum Gasteiger partial charge on any atom is -0.481 e. The Morgan fingerprint density at radius 2 is 1.77 bits per heavy atom. The molecule has 0 saturated heterocycles. The summed E-state index contributed by atoms with van der Waals surface area (Å²) in [7, 11) is 0. The maximum absolute atomic E-state index is 13.8. The average molecular weight is 433 g/mol. The SMILES string of the molecule is CCC(C(=O)O)C1C(=O)c2c(c(-c3ccccc3)cn2Cc2ccccc2)N=C1SC. The van der Waals surface area contributed by atoms with E-state index in [1.54, 1.807) is 6.92 Å². The van der Waals surface area contributed by atoms with Crippen molar-refractivity contribution in [2.75, 3.05) is 6.26 Å². The van der Waals surface area contributed by atoms with E-state index in [-0.39, 0.29) is 5.78 Å². The van der Waals surface area contributed by atoms with Crippen LogP contribution in [0.1, 0.15) is 29.4 Å². The predicted octanol–water partition coefficient (Wildman–Crippen LogP) is 5.52. The number of aliphatic imine (C=N–C) groups is 1. The number of nitrogens with zero attached hydrogens (tertiary/aromatic N) is 2. The number of carboxylic acid groups (broad SMARTS) is 1. The second-order valence-electron chi connectivity index (χ2n) is 7.57. The third-order valence-corrected chi connectivity index (χ3v) is 6.47. The molecule has 2 aromatic carbocycles. The Kier molecular flexibility index (Phi) is 6.09. The lowest BCUT2D eigenvalue weighted by atomic mass is 9.84. The lowest BCUT2D eigenvalue weighted by Gasteiger charge is -2.27. The van der Waals surface area contributed by atoms with E-state index in [2.05, 4.69) is 0 Å². The first-order chi connectivity index (χ1) is 15.0. The van der Waals surface area contributed by atoms with Gasteiger partial charge < -0.3 is 9.67 Å². The number of benzene rings is 2. The monoisotopic (exact) mass is 432 g/mol. The summed E-state index contributed by atoms with van der Waals surface area (Å²) < 4.78 is 1.93. The molecule has 0 aliphatic carbocycles. The normalized spacial score (nSPS) is 16.5. The summed E-state index contributed by atoms with van der Waals surface area (Å²) in [5.41, 5.74) is 4.05. The van der Waals surface area contributed by atoms with Gasteiger partial charge >= 0.3 is 5.97 Å². The predicted molar refractivity (Wildman–Crippen MR) is 125 cm³/mol. The Morgan fingerprint density at radius 1 is 1.13 bits per heavy atom. The molecule has 2 heterocycles. The van der Waals surface area contributed by atoms with Crippen molar-refractivity contribution in [3.05, 3.63) is 78.1 Å². The molecule has 31 heavy (non-hydrogen) atoms. The van der Waals surface area contributed by atoms with Gasteiger partial charge in [0.2, 0.25) is 0 Å². The molecule has 4 rings (SSSR count). The summed E-state index contributed by atoms with van der Waals surface area (Å²) in [4.78, 5) is 30.6. The highest BCUT2D eigenvalue weighted by molar-refractivity contribution is 8.13. The molecule has 6 heteroatoms. The van der Waals surface area contributed by atoms with Gasteiger partial charge in [0, 0.05) is 18.3 Å². The molecule has 0 bridgehead atoms. The lowest BCUT2D eigenvalue weighted by molar-refractivity contribution is -0.142. The minimum absolute atomic E-state index is 0.165. The zero-order chi connectivity index (χ0) is 22.0. The number of ketones is 1. The highest BCUT2D eigenvalue weighted by Gasteiger charge is 2.42. The molecule has 2 atom stereocenters. The topological polar surface area (TPSA) is 71.7 Å². The molecule has 1 aliphatic heterocycles. The van der Waals surface area contributed by atoms with E-state index in [9.17, 15) is 14.7 Å². The van der Waals surface area contributed by atoms with Crippen LogP contribution < -0.4 is 0 Å². The first-order valence-corrected chi connectivity index (χ1v) is 11.5. The number of hydrogen-bond donors (Lipinski definition) is 1. The maximum atomic E-state index is 13.8. The van der Waals surface area contributed by atoms with Crippen molar-refractivity contribution < 1.29 is 14.7 Å². The van der Waals surface area contributed by atoms with Crippen LogP contribution in [0.4, 0.5) is 5.69 Å². The molecule has 1 aliphatic rings. The van der Waals surface area contributed by atoms with Crippen molar-refractivity contribution in [1.82, 2.24) is 4.57 Å². The number of hydrogen-bond acceptors (Lipinski definition) is 4. The van der Waals surface area contributed by atoms with Crippen LogP contribution >= 0.6 is 11.8 Å². The molecule has 0 amide bonds. The highest BCUT2D eigenvalue weighted by atomic mass is 32.2. The van der Waals surface area contributed by atoms with Crippen molar-refractivity contribution in [3.63, 3.8) is 0 Å². The summed E-state index contributed by atoms with van der Waals surface area (Å²) in [5, 5.41) is 10.3. The van der Waals surface area contributed by atoms with Crippen molar-refractivity contribution in [3.8, 4) is 11.1 Å². The molecule has 158 valence electrons. The summed E-state index contributed by atoms with van der Waals surface area (Å²) >= 11 is 1.36. The number of aromatic nitrogens is 1. The van der Waals surface area contributed by atoms with Gasteiger partial charge in [-0.15, -0.1) is 11.8 Å². The van der Waals surface area contributed by atoms with Crippen LogP contribution in [0.5, 0.6) is 0 Å². The highest BCUT2D eigenvalue weighted by Crippen LogP contribution is 2.43. The number of thioether (sulfide) groups is 1. The maximum Gasteiger partial charge on any atom is 0.307 e. The molecular formula is C25H24N2O3S. The third kappa shape index (κ3) is 3.95. The zero-order valence-corrected chi connectivity index (χ0v) is 18.3. The molecule has 1 N–H and O–H groups in total. The van der Waals surface area contributed by atoms with Gasteiger partial charge in [-0.05, 0) is 23.8 Å². The fourth-order valence-corrected chi connectivity index (χ4v) is 4.88. The van der Waals surface area contributed by atoms with Crippen LogP contribution in [0.25, 0.3) is 11.1 Å². The van der Waals surface area contributed by atoms with Crippen molar-refractivity contribution in [2.45, 2.75) is 19.9 Å². The van der Waals surface area contributed by atoms with Gasteiger partial charge in [0.15, 0.2) is 5.78 Å². The van der Waals surface area contributed by atoms with Crippen molar-refractivity contribution >= 4 is 34.2 Å². The molecule has 0 fully saturated rings. The summed E-state index contributed by atoms with van der Waals surface area (Å²) in [6.07, 6.45) is 4.18. The average Bonchev–Trinajstić information content (AvgIpc) is 3.15. The smallest absolute Gasteiger partial charge is 0.307 e. The first-order valence-electron chi connectivity index (χ1n) is 10.3. The number of fused-ring (bicyclic) bond motifs is 1. The van der Waals surface area contributed by atoms with Gasteiger partial charge in [0.25, 0.3) is 0 Å². The van der Waals surface area contributed by atoms with Crippen molar-refractivity contribution in [1.29, 1.82) is 0 Å². The van der Waals surface area contributed by atoms with Gasteiger partial charge in [-0.3, -0.25) is 9.59 Å². The number of Topliss-reactive ketones (excluding diaryl/α,β-unsaturated/α-hetero) is 1. The number of aliphatic carboxylic acids is 1. The quantitative estimate of drug-likeness (QED) is 0.557. The Bertz CT molecular complexity index is 1140. The molecule has 0 radical (unpaired) electrons. The first kappa shape index (κ1) is 21.1. The molecule has 0 saturated carbocycles. The molecule has 0 spiro atoms. The summed E-state index contributed by atoms with van der Waals surface area (Å²) in [6, 6.07) is 19.8. The minimum atomic E-state index is -0.963. The van der Waals surface area contributed by atoms with E-state index in [0.717, 1.165) is 16.7 Å². The van der Waals surface area contributed by atoms with E-state index >= 15 is 0 Å². The Morgan fingerprint density at radius 3 is 2.35 bits per heavy atom.